The molecule has 0 aliphatic carbocycles. The first kappa shape index (κ1) is 19.4. The number of Topliss-reactive ketones (excluding diaryl/α,β-unsaturated/α-hetero) is 1. The normalized spacial score (nSPS) is 11.5. The van der Waals surface area contributed by atoms with Crippen molar-refractivity contribution in [2.75, 3.05) is 6.54 Å². The van der Waals surface area contributed by atoms with Gasteiger partial charge in [0.1, 0.15) is 6.54 Å². The second-order valence-electron chi connectivity index (χ2n) is 6.37. The molecule has 1 atom stereocenters. The largest absolute Gasteiger partial charge is 0.453 e. The third-order valence-corrected chi connectivity index (χ3v) is 4.01. The lowest BCUT2D eigenvalue weighted by Gasteiger charge is -2.14. The van der Waals surface area contributed by atoms with Crippen molar-refractivity contribution >= 4 is 17.7 Å². The van der Waals surface area contributed by atoms with E-state index in [1.807, 2.05) is 39.0 Å². The number of nitrogens with one attached hydrogen (secondary N) is 1. The van der Waals surface area contributed by atoms with Crippen molar-refractivity contribution in [3.05, 3.63) is 70.3 Å². The van der Waals surface area contributed by atoms with Crippen LogP contribution in [0.4, 0.5) is 0 Å². The molecule has 0 saturated carbocycles. The number of esters is 1. The molecule has 2 aromatic rings. The number of hydrogen-bond acceptors (Lipinski definition) is 4. The Labute approximate surface area is 153 Å². The van der Waals surface area contributed by atoms with Crippen LogP contribution < -0.4 is 5.32 Å². The Morgan fingerprint density at radius 1 is 1.00 bits per heavy atom. The maximum absolute atomic E-state index is 12.5. The molecule has 26 heavy (non-hydrogen) atoms. The van der Waals surface area contributed by atoms with Gasteiger partial charge in [-0.2, -0.15) is 0 Å². The molecule has 0 saturated heterocycles. The van der Waals surface area contributed by atoms with Gasteiger partial charge in [-0.15, -0.1) is 0 Å². The Morgan fingerprint density at radius 3 is 2.38 bits per heavy atom. The van der Waals surface area contributed by atoms with Crippen molar-refractivity contribution in [1.29, 1.82) is 0 Å². The monoisotopic (exact) mass is 353 g/mol. The Balaban J connectivity index is 1.91. The summed E-state index contributed by atoms with van der Waals surface area (Å²) in [4.78, 5) is 36.5. The molecule has 5 nitrogen and oxygen atoms in total. The van der Waals surface area contributed by atoms with Gasteiger partial charge in [0.05, 0.1) is 0 Å². The molecule has 0 aliphatic heterocycles. The van der Waals surface area contributed by atoms with Crippen molar-refractivity contribution in [3.8, 4) is 0 Å². The van der Waals surface area contributed by atoms with E-state index in [0.717, 1.165) is 16.7 Å². The summed E-state index contributed by atoms with van der Waals surface area (Å²) in [6.45, 7) is 6.85. The van der Waals surface area contributed by atoms with Crippen LogP contribution in [-0.4, -0.2) is 30.3 Å². The molecule has 1 N–H and O–H groups in total. The first-order valence-electron chi connectivity index (χ1n) is 8.43. The molecule has 0 heterocycles. The lowest BCUT2D eigenvalue weighted by Crippen LogP contribution is -2.34. The van der Waals surface area contributed by atoms with E-state index in [1.54, 1.807) is 24.3 Å². The topological polar surface area (TPSA) is 72.5 Å². The van der Waals surface area contributed by atoms with Crippen LogP contribution in [0.25, 0.3) is 0 Å². The summed E-state index contributed by atoms with van der Waals surface area (Å²) in [5.41, 5.74) is 3.75. The second kappa shape index (κ2) is 8.43. The van der Waals surface area contributed by atoms with Crippen LogP contribution in [0.3, 0.4) is 0 Å². The number of rotatable bonds is 6. The van der Waals surface area contributed by atoms with Gasteiger partial charge >= 0.3 is 5.97 Å². The average molecular weight is 353 g/mol. The highest BCUT2D eigenvalue weighted by Gasteiger charge is 2.21. The molecular weight excluding hydrogens is 330 g/mol. The maximum Gasteiger partial charge on any atom is 0.326 e. The van der Waals surface area contributed by atoms with Crippen LogP contribution in [0.1, 0.15) is 44.3 Å². The SMILES string of the molecule is Cc1cccc(C(=O)NCC(=O)O[C@@H](C)C(=O)c2cc(C)ccc2C)c1. The van der Waals surface area contributed by atoms with E-state index in [0.29, 0.717) is 11.1 Å². The summed E-state index contributed by atoms with van der Waals surface area (Å²) in [5.74, 6) is -1.28. The summed E-state index contributed by atoms with van der Waals surface area (Å²) < 4.78 is 5.17. The quantitative estimate of drug-likeness (QED) is 0.640. The van der Waals surface area contributed by atoms with Gasteiger partial charge < -0.3 is 10.1 Å². The minimum Gasteiger partial charge on any atom is -0.453 e. The smallest absolute Gasteiger partial charge is 0.326 e. The molecule has 0 bridgehead atoms. The van der Waals surface area contributed by atoms with Gasteiger partial charge in [-0.05, 0) is 51.5 Å². The van der Waals surface area contributed by atoms with Crippen molar-refractivity contribution in [1.82, 2.24) is 5.32 Å². The molecule has 0 radical (unpaired) electrons. The van der Waals surface area contributed by atoms with Crippen molar-refractivity contribution < 1.29 is 19.1 Å². The number of carbonyl (C=O) groups excluding carboxylic acids is 3. The highest BCUT2D eigenvalue weighted by Crippen LogP contribution is 2.14. The number of ether oxygens (including phenoxy) is 1. The van der Waals surface area contributed by atoms with Gasteiger partial charge in [-0.1, -0.05) is 35.4 Å². The summed E-state index contributed by atoms with van der Waals surface area (Å²) in [5, 5.41) is 2.51. The predicted molar refractivity (Wildman–Crippen MR) is 99.3 cm³/mol. The molecular formula is C21H23NO4. The molecule has 0 fully saturated rings. The molecule has 0 unspecified atom stereocenters. The zero-order chi connectivity index (χ0) is 19.3. The Morgan fingerprint density at radius 2 is 1.69 bits per heavy atom. The van der Waals surface area contributed by atoms with Crippen LogP contribution in [0.15, 0.2) is 42.5 Å². The Bertz CT molecular complexity index is 842. The van der Waals surface area contributed by atoms with Gasteiger partial charge in [0, 0.05) is 11.1 Å². The number of ketones is 1. The summed E-state index contributed by atoms with van der Waals surface area (Å²) in [6, 6.07) is 12.6. The molecule has 0 spiro atoms. The fraction of sp³-hybridized carbons (Fsp3) is 0.286. The zero-order valence-corrected chi connectivity index (χ0v) is 15.5. The Kier molecular flexibility index (Phi) is 6.28. The van der Waals surface area contributed by atoms with Crippen molar-refractivity contribution in [3.63, 3.8) is 0 Å². The lowest BCUT2D eigenvalue weighted by atomic mass is 9.99. The van der Waals surface area contributed by atoms with Gasteiger partial charge in [0.15, 0.2) is 6.10 Å². The van der Waals surface area contributed by atoms with Gasteiger partial charge in [-0.3, -0.25) is 14.4 Å². The van der Waals surface area contributed by atoms with E-state index in [-0.39, 0.29) is 18.2 Å². The molecule has 5 heteroatoms. The number of carbonyl (C=O) groups is 3. The fourth-order valence-corrected chi connectivity index (χ4v) is 2.55. The number of hydrogen-bond donors (Lipinski definition) is 1. The highest BCUT2D eigenvalue weighted by molar-refractivity contribution is 6.02. The van der Waals surface area contributed by atoms with Crippen molar-refractivity contribution in [2.24, 2.45) is 0 Å². The van der Waals surface area contributed by atoms with Crippen LogP contribution in [-0.2, 0) is 9.53 Å². The van der Waals surface area contributed by atoms with E-state index >= 15 is 0 Å². The van der Waals surface area contributed by atoms with Gasteiger partial charge in [-0.25, -0.2) is 0 Å². The molecule has 2 rings (SSSR count). The first-order valence-corrected chi connectivity index (χ1v) is 8.43. The summed E-state index contributed by atoms with van der Waals surface area (Å²) >= 11 is 0. The predicted octanol–water partition coefficient (Wildman–Crippen LogP) is 3.16. The van der Waals surface area contributed by atoms with E-state index in [2.05, 4.69) is 5.32 Å². The van der Waals surface area contributed by atoms with Gasteiger partial charge in [0.25, 0.3) is 5.91 Å². The zero-order valence-electron chi connectivity index (χ0n) is 15.5. The minimum atomic E-state index is -0.918. The van der Waals surface area contributed by atoms with E-state index in [1.165, 1.54) is 6.92 Å². The van der Waals surface area contributed by atoms with Crippen LogP contribution in [0.5, 0.6) is 0 Å². The maximum atomic E-state index is 12.5. The second-order valence-corrected chi connectivity index (χ2v) is 6.37. The summed E-state index contributed by atoms with van der Waals surface area (Å²) in [7, 11) is 0. The molecule has 1 amide bonds. The molecule has 0 aromatic heterocycles. The van der Waals surface area contributed by atoms with E-state index in [4.69, 9.17) is 4.74 Å². The first-order chi connectivity index (χ1) is 12.3. The number of amides is 1. The van der Waals surface area contributed by atoms with E-state index in [9.17, 15) is 14.4 Å². The number of benzene rings is 2. The minimum absolute atomic E-state index is 0.260. The molecule has 0 aliphatic rings. The third-order valence-electron chi connectivity index (χ3n) is 4.01. The van der Waals surface area contributed by atoms with Crippen LogP contribution in [0, 0.1) is 20.8 Å². The number of aryl methyl sites for hydroxylation is 3. The van der Waals surface area contributed by atoms with Crippen molar-refractivity contribution in [2.45, 2.75) is 33.8 Å². The van der Waals surface area contributed by atoms with Crippen LogP contribution >= 0.6 is 0 Å². The lowest BCUT2D eigenvalue weighted by molar-refractivity contribution is -0.145. The highest BCUT2D eigenvalue weighted by atomic mass is 16.5. The van der Waals surface area contributed by atoms with Gasteiger partial charge in [0.2, 0.25) is 5.78 Å². The standard InChI is InChI=1S/C21H23NO4/c1-13-6-5-7-17(10-13)21(25)22-12-19(23)26-16(4)20(24)18-11-14(2)8-9-15(18)3/h5-11,16H,12H2,1-4H3,(H,22,25)/t16-/m0/s1. The fourth-order valence-electron chi connectivity index (χ4n) is 2.55. The molecule has 2 aromatic carbocycles. The molecule has 136 valence electrons. The Hall–Kier alpha value is -2.95. The third kappa shape index (κ3) is 5.02. The van der Waals surface area contributed by atoms with E-state index < -0.39 is 12.1 Å². The summed E-state index contributed by atoms with van der Waals surface area (Å²) in [6.07, 6.45) is -0.918. The van der Waals surface area contributed by atoms with Crippen LogP contribution in [0.2, 0.25) is 0 Å². The average Bonchev–Trinajstić information content (AvgIpc) is 2.61.